The minimum Gasteiger partial charge on any atom is -0.241 e. The SMILES string of the molecule is Cc1ncc2c(n1)CCS2. The fourth-order valence-corrected chi connectivity index (χ4v) is 2.02. The Hall–Kier alpha value is -0.570. The van der Waals surface area contributed by atoms with Gasteiger partial charge in [0.05, 0.1) is 5.69 Å². The van der Waals surface area contributed by atoms with Crippen molar-refractivity contribution in [2.75, 3.05) is 5.75 Å². The lowest BCUT2D eigenvalue weighted by Crippen LogP contribution is -1.92. The number of aromatic nitrogens is 2. The summed E-state index contributed by atoms with van der Waals surface area (Å²) in [6.45, 7) is 1.93. The fourth-order valence-electron chi connectivity index (χ4n) is 1.06. The first-order valence-corrected chi connectivity index (χ1v) is 4.30. The Bertz CT molecular complexity index is 260. The summed E-state index contributed by atoms with van der Waals surface area (Å²) in [6, 6.07) is 0. The van der Waals surface area contributed by atoms with Gasteiger partial charge in [-0.3, -0.25) is 0 Å². The molecule has 0 bridgehead atoms. The van der Waals surface area contributed by atoms with E-state index in [1.165, 1.54) is 16.3 Å². The second-order valence-corrected chi connectivity index (χ2v) is 3.46. The summed E-state index contributed by atoms with van der Waals surface area (Å²) in [5.41, 5.74) is 1.23. The minimum absolute atomic E-state index is 0.890. The van der Waals surface area contributed by atoms with E-state index in [0.717, 1.165) is 12.2 Å². The Morgan fingerprint density at radius 3 is 3.40 bits per heavy atom. The topological polar surface area (TPSA) is 25.8 Å². The molecule has 2 nitrogen and oxygen atoms in total. The van der Waals surface area contributed by atoms with Crippen molar-refractivity contribution < 1.29 is 0 Å². The van der Waals surface area contributed by atoms with E-state index in [9.17, 15) is 0 Å². The molecule has 0 radical (unpaired) electrons. The van der Waals surface area contributed by atoms with Gasteiger partial charge < -0.3 is 0 Å². The van der Waals surface area contributed by atoms with Gasteiger partial charge in [-0.15, -0.1) is 11.8 Å². The molecule has 1 aliphatic heterocycles. The van der Waals surface area contributed by atoms with Crippen LogP contribution in [0.15, 0.2) is 11.1 Å². The van der Waals surface area contributed by atoms with E-state index < -0.39 is 0 Å². The van der Waals surface area contributed by atoms with Gasteiger partial charge >= 0.3 is 0 Å². The van der Waals surface area contributed by atoms with Crippen LogP contribution in [-0.4, -0.2) is 15.7 Å². The van der Waals surface area contributed by atoms with E-state index in [1.54, 1.807) is 0 Å². The molecule has 52 valence electrons. The van der Waals surface area contributed by atoms with E-state index in [0.29, 0.717) is 0 Å². The van der Waals surface area contributed by atoms with Crippen LogP contribution in [0.1, 0.15) is 11.5 Å². The molecule has 0 saturated carbocycles. The second kappa shape index (κ2) is 2.23. The lowest BCUT2D eigenvalue weighted by molar-refractivity contribution is 0.925. The Morgan fingerprint density at radius 2 is 2.50 bits per heavy atom. The molecule has 2 rings (SSSR count). The Balaban J connectivity index is 2.52. The van der Waals surface area contributed by atoms with Crippen LogP contribution in [0.5, 0.6) is 0 Å². The van der Waals surface area contributed by atoms with Gasteiger partial charge in [-0.05, 0) is 6.92 Å². The molecule has 3 heteroatoms. The Morgan fingerprint density at radius 1 is 1.60 bits per heavy atom. The van der Waals surface area contributed by atoms with Crippen LogP contribution in [0.3, 0.4) is 0 Å². The van der Waals surface area contributed by atoms with Gasteiger partial charge in [0, 0.05) is 23.3 Å². The summed E-state index contributed by atoms with van der Waals surface area (Å²) in [5.74, 6) is 2.06. The van der Waals surface area contributed by atoms with Crippen molar-refractivity contribution in [3.05, 3.63) is 17.7 Å². The normalized spacial score (nSPS) is 15.3. The molecule has 2 heterocycles. The van der Waals surface area contributed by atoms with Crippen LogP contribution in [0.4, 0.5) is 0 Å². The van der Waals surface area contributed by atoms with Gasteiger partial charge in [-0.25, -0.2) is 9.97 Å². The maximum absolute atomic E-state index is 4.32. The van der Waals surface area contributed by atoms with Gasteiger partial charge in [0.25, 0.3) is 0 Å². The molecule has 0 spiro atoms. The first kappa shape index (κ1) is 6.16. The summed E-state index contributed by atoms with van der Waals surface area (Å²) in [7, 11) is 0. The maximum atomic E-state index is 4.32. The van der Waals surface area contributed by atoms with Crippen molar-refractivity contribution in [2.24, 2.45) is 0 Å². The van der Waals surface area contributed by atoms with Gasteiger partial charge in [0.1, 0.15) is 5.82 Å². The third-order valence-corrected chi connectivity index (χ3v) is 2.61. The molecule has 1 aliphatic rings. The van der Waals surface area contributed by atoms with Gasteiger partial charge in [0.15, 0.2) is 0 Å². The lowest BCUT2D eigenvalue weighted by atomic mass is 10.3. The highest BCUT2D eigenvalue weighted by Crippen LogP contribution is 2.28. The molecule has 0 aromatic carbocycles. The summed E-state index contributed by atoms with van der Waals surface area (Å²) in [4.78, 5) is 9.71. The third kappa shape index (κ3) is 0.904. The molecule has 0 N–H and O–H groups in total. The van der Waals surface area contributed by atoms with E-state index in [1.807, 2.05) is 24.9 Å². The van der Waals surface area contributed by atoms with Crippen molar-refractivity contribution >= 4 is 11.8 Å². The smallest absolute Gasteiger partial charge is 0.125 e. The lowest BCUT2D eigenvalue weighted by Gasteiger charge is -1.95. The highest BCUT2D eigenvalue weighted by molar-refractivity contribution is 7.99. The standard InChI is InChI=1S/C7H8N2S/c1-5-8-4-7-6(9-5)2-3-10-7/h4H,2-3H2,1H3. The van der Waals surface area contributed by atoms with Crippen LogP contribution in [0.2, 0.25) is 0 Å². The van der Waals surface area contributed by atoms with Gasteiger partial charge in [0.2, 0.25) is 0 Å². The highest BCUT2D eigenvalue weighted by Gasteiger charge is 2.12. The van der Waals surface area contributed by atoms with Crippen molar-refractivity contribution in [2.45, 2.75) is 18.2 Å². The number of thioether (sulfide) groups is 1. The Kier molecular flexibility index (Phi) is 1.38. The number of aryl methyl sites for hydroxylation is 2. The number of hydrogen-bond acceptors (Lipinski definition) is 3. The Labute approximate surface area is 64.1 Å². The number of hydrogen-bond donors (Lipinski definition) is 0. The van der Waals surface area contributed by atoms with Crippen molar-refractivity contribution in [3.8, 4) is 0 Å². The van der Waals surface area contributed by atoms with E-state index in [4.69, 9.17) is 0 Å². The number of rotatable bonds is 0. The van der Waals surface area contributed by atoms with E-state index in [2.05, 4.69) is 9.97 Å². The molecular weight excluding hydrogens is 144 g/mol. The molecule has 0 amide bonds. The molecule has 10 heavy (non-hydrogen) atoms. The molecule has 0 atom stereocenters. The molecule has 1 aromatic heterocycles. The number of fused-ring (bicyclic) bond motifs is 1. The van der Waals surface area contributed by atoms with Crippen LogP contribution in [-0.2, 0) is 6.42 Å². The molecule has 1 aromatic rings. The van der Waals surface area contributed by atoms with E-state index in [-0.39, 0.29) is 0 Å². The summed E-state index contributed by atoms with van der Waals surface area (Å²) in [6.07, 6.45) is 3.04. The maximum Gasteiger partial charge on any atom is 0.125 e. The third-order valence-electron chi connectivity index (χ3n) is 1.55. The predicted octanol–water partition coefficient (Wildman–Crippen LogP) is 1.43. The van der Waals surface area contributed by atoms with Crippen LogP contribution < -0.4 is 0 Å². The average molecular weight is 152 g/mol. The molecule has 0 unspecified atom stereocenters. The van der Waals surface area contributed by atoms with Crippen molar-refractivity contribution in [1.29, 1.82) is 0 Å². The molecule has 0 saturated heterocycles. The average Bonchev–Trinajstić information content (AvgIpc) is 2.33. The summed E-state index contributed by atoms with van der Waals surface area (Å²) >= 11 is 1.85. The van der Waals surface area contributed by atoms with Crippen molar-refractivity contribution in [3.63, 3.8) is 0 Å². The predicted molar refractivity (Wildman–Crippen MR) is 41.2 cm³/mol. The number of nitrogens with zero attached hydrogens (tertiary/aromatic N) is 2. The van der Waals surface area contributed by atoms with Crippen LogP contribution in [0.25, 0.3) is 0 Å². The van der Waals surface area contributed by atoms with Gasteiger partial charge in [-0.1, -0.05) is 0 Å². The summed E-state index contributed by atoms with van der Waals surface area (Å²) in [5, 5.41) is 0. The minimum atomic E-state index is 0.890. The van der Waals surface area contributed by atoms with E-state index >= 15 is 0 Å². The largest absolute Gasteiger partial charge is 0.241 e. The quantitative estimate of drug-likeness (QED) is 0.562. The van der Waals surface area contributed by atoms with Gasteiger partial charge in [-0.2, -0.15) is 0 Å². The molecule has 0 aliphatic carbocycles. The molecule has 0 fully saturated rings. The zero-order valence-electron chi connectivity index (χ0n) is 5.79. The molecular formula is C7H8N2S. The highest BCUT2D eigenvalue weighted by atomic mass is 32.2. The van der Waals surface area contributed by atoms with Crippen LogP contribution >= 0.6 is 11.8 Å². The van der Waals surface area contributed by atoms with Crippen molar-refractivity contribution in [1.82, 2.24) is 9.97 Å². The zero-order valence-corrected chi connectivity index (χ0v) is 6.61. The van der Waals surface area contributed by atoms with Crippen LogP contribution in [0, 0.1) is 6.92 Å². The monoisotopic (exact) mass is 152 g/mol. The second-order valence-electron chi connectivity index (χ2n) is 2.33. The summed E-state index contributed by atoms with van der Waals surface area (Å²) < 4.78 is 0. The zero-order chi connectivity index (χ0) is 6.97. The first-order chi connectivity index (χ1) is 4.86. The fraction of sp³-hybridized carbons (Fsp3) is 0.429. The first-order valence-electron chi connectivity index (χ1n) is 3.31.